The lowest BCUT2D eigenvalue weighted by molar-refractivity contribution is 0.239. The normalized spacial score (nSPS) is 28.4. The SMILES string of the molecule is CC[C@H]1C[C@@]1(CCP(=O)(OC)c1ccccc1)N(C)C. The lowest BCUT2D eigenvalue weighted by Crippen LogP contribution is -2.33. The van der Waals surface area contributed by atoms with Gasteiger partial charge in [0.1, 0.15) is 0 Å². The van der Waals surface area contributed by atoms with E-state index >= 15 is 0 Å². The van der Waals surface area contributed by atoms with Crippen LogP contribution in [0.5, 0.6) is 0 Å². The van der Waals surface area contributed by atoms with Crippen molar-refractivity contribution in [2.24, 2.45) is 5.92 Å². The molecule has 0 amide bonds. The van der Waals surface area contributed by atoms with E-state index in [2.05, 4.69) is 25.9 Å². The molecule has 0 aliphatic heterocycles. The van der Waals surface area contributed by atoms with Gasteiger partial charge in [0.05, 0.1) is 0 Å². The van der Waals surface area contributed by atoms with E-state index in [1.165, 1.54) is 12.8 Å². The summed E-state index contributed by atoms with van der Waals surface area (Å²) in [7, 11) is 3.13. The van der Waals surface area contributed by atoms with E-state index in [1.807, 2.05) is 30.3 Å². The van der Waals surface area contributed by atoms with E-state index in [0.29, 0.717) is 6.16 Å². The maximum atomic E-state index is 13.0. The molecule has 2 rings (SSSR count). The van der Waals surface area contributed by atoms with Gasteiger partial charge in [0, 0.05) is 24.1 Å². The van der Waals surface area contributed by atoms with Crippen LogP contribution in [0.25, 0.3) is 0 Å². The Bertz CT molecular complexity index is 489. The molecule has 1 aromatic carbocycles. The van der Waals surface area contributed by atoms with E-state index in [0.717, 1.165) is 17.6 Å². The third kappa shape index (κ3) is 2.86. The highest BCUT2D eigenvalue weighted by molar-refractivity contribution is 7.66. The van der Waals surface area contributed by atoms with Crippen molar-refractivity contribution >= 4 is 12.7 Å². The zero-order chi connectivity index (χ0) is 14.8. The van der Waals surface area contributed by atoms with Crippen LogP contribution in [0.15, 0.2) is 30.3 Å². The fourth-order valence-electron chi connectivity index (χ4n) is 3.29. The molecule has 4 heteroatoms. The van der Waals surface area contributed by atoms with Crippen molar-refractivity contribution in [1.82, 2.24) is 4.90 Å². The molecule has 20 heavy (non-hydrogen) atoms. The molecule has 0 heterocycles. The van der Waals surface area contributed by atoms with Crippen LogP contribution in [0.4, 0.5) is 0 Å². The maximum Gasteiger partial charge on any atom is 0.231 e. The summed E-state index contributed by atoms with van der Waals surface area (Å²) in [6.07, 6.45) is 3.98. The third-order valence-corrected chi connectivity index (χ3v) is 7.35. The van der Waals surface area contributed by atoms with E-state index in [9.17, 15) is 4.57 Å². The topological polar surface area (TPSA) is 29.5 Å². The Labute approximate surface area is 122 Å². The molecule has 3 nitrogen and oxygen atoms in total. The Balaban J connectivity index is 2.10. The van der Waals surface area contributed by atoms with Gasteiger partial charge >= 0.3 is 0 Å². The largest absolute Gasteiger partial charge is 0.329 e. The predicted molar refractivity (Wildman–Crippen MR) is 85.0 cm³/mol. The van der Waals surface area contributed by atoms with Gasteiger partial charge in [-0.2, -0.15) is 0 Å². The van der Waals surface area contributed by atoms with E-state index in [-0.39, 0.29) is 5.54 Å². The van der Waals surface area contributed by atoms with Crippen molar-refractivity contribution in [3.8, 4) is 0 Å². The smallest absolute Gasteiger partial charge is 0.231 e. The Morgan fingerprint density at radius 3 is 2.45 bits per heavy atom. The van der Waals surface area contributed by atoms with Crippen LogP contribution < -0.4 is 5.30 Å². The minimum atomic E-state index is -2.71. The van der Waals surface area contributed by atoms with Crippen LogP contribution >= 0.6 is 7.37 Å². The van der Waals surface area contributed by atoms with Crippen LogP contribution in [0.1, 0.15) is 26.2 Å². The average Bonchev–Trinajstić information content (AvgIpc) is 3.21. The fraction of sp³-hybridized carbons (Fsp3) is 0.625. The minimum absolute atomic E-state index is 0.234. The Kier molecular flexibility index (Phi) is 4.73. The van der Waals surface area contributed by atoms with Gasteiger partial charge in [0.15, 0.2) is 0 Å². The van der Waals surface area contributed by atoms with Gasteiger partial charge in [-0.25, -0.2) is 0 Å². The van der Waals surface area contributed by atoms with Crippen molar-refractivity contribution in [3.05, 3.63) is 30.3 Å². The molecule has 1 aliphatic carbocycles. The van der Waals surface area contributed by atoms with Crippen LogP contribution in [-0.4, -0.2) is 37.8 Å². The predicted octanol–water partition coefficient (Wildman–Crippen LogP) is 3.36. The first-order chi connectivity index (χ1) is 9.48. The maximum absolute atomic E-state index is 13.0. The summed E-state index contributed by atoms with van der Waals surface area (Å²) in [5.41, 5.74) is 0.234. The third-order valence-electron chi connectivity index (χ3n) is 4.87. The summed E-state index contributed by atoms with van der Waals surface area (Å²) in [6, 6.07) is 9.62. The van der Waals surface area contributed by atoms with Crippen molar-refractivity contribution in [3.63, 3.8) is 0 Å². The first-order valence-electron chi connectivity index (χ1n) is 7.36. The van der Waals surface area contributed by atoms with E-state index < -0.39 is 7.37 Å². The minimum Gasteiger partial charge on any atom is -0.329 e. The van der Waals surface area contributed by atoms with Gasteiger partial charge in [-0.1, -0.05) is 31.5 Å². The molecule has 0 aromatic heterocycles. The number of rotatable bonds is 7. The van der Waals surface area contributed by atoms with Crippen molar-refractivity contribution in [2.45, 2.75) is 31.7 Å². The van der Waals surface area contributed by atoms with Crippen LogP contribution in [0, 0.1) is 5.92 Å². The molecule has 112 valence electrons. The Morgan fingerprint density at radius 1 is 1.35 bits per heavy atom. The zero-order valence-corrected chi connectivity index (χ0v) is 13.9. The lowest BCUT2D eigenvalue weighted by atomic mass is 10.1. The number of nitrogens with zero attached hydrogens (tertiary/aromatic N) is 1. The highest BCUT2D eigenvalue weighted by Gasteiger charge is 2.54. The number of benzene rings is 1. The second-order valence-electron chi connectivity index (χ2n) is 5.97. The van der Waals surface area contributed by atoms with Gasteiger partial charge < -0.3 is 9.42 Å². The molecule has 3 atom stereocenters. The summed E-state index contributed by atoms with van der Waals surface area (Å²) in [6.45, 7) is 2.24. The fourth-order valence-corrected chi connectivity index (χ4v) is 5.25. The monoisotopic (exact) mass is 295 g/mol. The molecule has 1 unspecified atom stereocenters. The molecule has 1 aromatic rings. The molecule has 0 saturated heterocycles. The van der Waals surface area contributed by atoms with Crippen molar-refractivity contribution < 1.29 is 9.09 Å². The van der Waals surface area contributed by atoms with Gasteiger partial charge in [-0.3, -0.25) is 4.57 Å². The second kappa shape index (κ2) is 6.01. The Hall–Kier alpha value is -0.630. The first kappa shape index (κ1) is 15.8. The van der Waals surface area contributed by atoms with Gasteiger partial charge in [0.25, 0.3) is 0 Å². The highest BCUT2D eigenvalue weighted by Crippen LogP contribution is 2.56. The molecule has 0 bridgehead atoms. The van der Waals surface area contributed by atoms with E-state index in [4.69, 9.17) is 4.52 Å². The molecule has 1 fully saturated rings. The average molecular weight is 295 g/mol. The quantitative estimate of drug-likeness (QED) is 0.722. The summed E-state index contributed by atoms with van der Waals surface area (Å²) in [5.74, 6) is 0.735. The molecule has 1 aliphatic rings. The molecular formula is C16H26NO2P. The van der Waals surface area contributed by atoms with Crippen LogP contribution in [-0.2, 0) is 9.09 Å². The van der Waals surface area contributed by atoms with Crippen molar-refractivity contribution in [1.29, 1.82) is 0 Å². The van der Waals surface area contributed by atoms with Gasteiger partial charge in [0.2, 0.25) is 7.37 Å². The zero-order valence-electron chi connectivity index (χ0n) is 13.0. The van der Waals surface area contributed by atoms with E-state index in [1.54, 1.807) is 7.11 Å². The van der Waals surface area contributed by atoms with Crippen LogP contribution in [0.3, 0.4) is 0 Å². The summed E-state index contributed by atoms with van der Waals surface area (Å²) in [5, 5.41) is 0.838. The Morgan fingerprint density at radius 2 is 2.00 bits per heavy atom. The van der Waals surface area contributed by atoms with Crippen molar-refractivity contribution in [2.75, 3.05) is 27.4 Å². The highest BCUT2D eigenvalue weighted by atomic mass is 31.2. The van der Waals surface area contributed by atoms with Gasteiger partial charge in [-0.15, -0.1) is 0 Å². The summed E-state index contributed by atoms with van der Waals surface area (Å²) in [4.78, 5) is 2.31. The summed E-state index contributed by atoms with van der Waals surface area (Å²) < 4.78 is 18.5. The molecule has 1 saturated carbocycles. The van der Waals surface area contributed by atoms with Gasteiger partial charge in [-0.05, 0) is 45.0 Å². The second-order valence-corrected chi connectivity index (χ2v) is 8.65. The molecular weight excluding hydrogens is 269 g/mol. The molecule has 0 radical (unpaired) electrons. The molecule has 0 spiro atoms. The number of hydrogen-bond acceptors (Lipinski definition) is 3. The number of hydrogen-bond donors (Lipinski definition) is 0. The standard InChI is InChI=1S/C16H26NO2P/c1-5-14-13-16(14,17(2)3)11-12-20(18,19-4)15-9-7-6-8-10-15/h6-10,14H,5,11-13H2,1-4H3/t14-,16+,20?/m0/s1. The summed E-state index contributed by atoms with van der Waals surface area (Å²) >= 11 is 0. The first-order valence-corrected chi connectivity index (χ1v) is 9.17. The lowest BCUT2D eigenvalue weighted by Gasteiger charge is -2.27. The molecule has 0 N–H and O–H groups in total. The van der Waals surface area contributed by atoms with Crippen LogP contribution in [0.2, 0.25) is 0 Å².